The lowest BCUT2D eigenvalue weighted by atomic mass is 10.0. The van der Waals surface area contributed by atoms with Crippen LogP contribution in [-0.4, -0.2) is 58.8 Å². The zero-order chi connectivity index (χ0) is 15.4. The molecule has 2 heterocycles. The molecule has 1 saturated heterocycles. The highest BCUT2D eigenvalue weighted by Crippen LogP contribution is 2.28. The number of likely N-dealkylation sites (N-methyl/N-ethyl adjacent to an activating group) is 1. The van der Waals surface area contributed by atoms with E-state index in [2.05, 4.69) is 42.0 Å². The summed E-state index contributed by atoms with van der Waals surface area (Å²) in [5.41, 5.74) is 8.70. The summed E-state index contributed by atoms with van der Waals surface area (Å²) in [5.74, 6) is 0. The average molecular weight is 293 g/mol. The van der Waals surface area contributed by atoms with Gasteiger partial charge in [0.1, 0.15) is 0 Å². The number of hydrogen-bond donors (Lipinski definition) is 1. The van der Waals surface area contributed by atoms with E-state index in [9.17, 15) is 0 Å². The minimum Gasteiger partial charge on any atom is -0.329 e. The molecule has 1 aromatic heterocycles. The predicted molar refractivity (Wildman–Crippen MR) is 87.3 cm³/mol. The van der Waals surface area contributed by atoms with Gasteiger partial charge in [-0.1, -0.05) is 13.8 Å². The van der Waals surface area contributed by atoms with Crippen molar-refractivity contribution < 1.29 is 0 Å². The number of aryl methyl sites for hydroxylation is 2. The van der Waals surface area contributed by atoms with Gasteiger partial charge < -0.3 is 10.6 Å². The molecule has 2 rings (SSSR count). The van der Waals surface area contributed by atoms with E-state index >= 15 is 0 Å². The number of nitrogens with two attached hydrogens (primary N) is 1. The first-order chi connectivity index (χ1) is 10.1. The molecule has 120 valence electrons. The third-order valence-corrected chi connectivity index (χ3v) is 4.67. The van der Waals surface area contributed by atoms with Crippen molar-refractivity contribution in [3.8, 4) is 0 Å². The zero-order valence-electron chi connectivity index (χ0n) is 14.0. The fourth-order valence-corrected chi connectivity index (χ4v) is 3.58. The van der Waals surface area contributed by atoms with Gasteiger partial charge in [-0.05, 0) is 32.9 Å². The summed E-state index contributed by atoms with van der Waals surface area (Å²) in [7, 11) is 4.23. The molecule has 0 spiro atoms. The molecule has 0 aliphatic carbocycles. The lowest BCUT2D eigenvalue weighted by molar-refractivity contribution is 0.130. The molecule has 2 atom stereocenters. The molecule has 5 nitrogen and oxygen atoms in total. The van der Waals surface area contributed by atoms with Crippen molar-refractivity contribution in [1.29, 1.82) is 0 Å². The first-order valence-corrected chi connectivity index (χ1v) is 8.27. The molecular formula is C16H31N5. The Kier molecular flexibility index (Phi) is 5.79. The van der Waals surface area contributed by atoms with Crippen LogP contribution in [0.4, 0.5) is 0 Å². The Hall–Kier alpha value is -0.910. The van der Waals surface area contributed by atoms with Crippen LogP contribution >= 0.6 is 0 Å². The maximum absolute atomic E-state index is 6.18. The second-order valence-electron chi connectivity index (χ2n) is 6.23. The number of aromatic nitrogens is 2. The third kappa shape index (κ3) is 3.65. The second-order valence-corrected chi connectivity index (χ2v) is 6.23. The fourth-order valence-electron chi connectivity index (χ4n) is 3.58. The van der Waals surface area contributed by atoms with E-state index < -0.39 is 0 Å². The second kappa shape index (κ2) is 7.38. The van der Waals surface area contributed by atoms with E-state index in [0.717, 1.165) is 19.5 Å². The molecule has 1 aromatic rings. The molecule has 0 bridgehead atoms. The van der Waals surface area contributed by atoms with Crippen molar-refractivity contribution in [2.24, 2.45) is 12.8 Å². The molecule has 1 aliphatic rings. The van der Waals surface area contributed by atoms with Crippen molar-refractivity contribution in [3.63, 3.8) is 0 Å². The molecule has 0 saturated carbocycles. The standard InChI is InChI=1S/C16H31N5/c1-5-13-11-19(3)8-7-9-21(13)16(10-17)14-12-20(4)18-15(14)6-2/h12-13,16H,5-11,17H2,1-4H3. The Balaban J connectivity index is 2.29. The maximum atomic E-state index is 6.18. The Labute approximate surface area is 129 Å². The maximum Gasteiger partial charge on any atom is 0.0670 e. The van der Waals surface area contributed by atoms with Gasteiger partial charge in [0.2, 0.25) is 0 Å². The summed E-state index contributed by atoms with van der Waals surface area (Å²) in [6.07, 6.45) is 5.52. The summed E-state index contributed by atoms with van der Waals surface area (Å²) >= 11 is 0. The van der Waals surface area contributed by atoms with Gasteiger partial charge >= 0.3 is 0 Å². The van der Waals surface area contributed by atoms with Crippen LogP contribution in [0.25, 0.3) is 0 Å². The summed E-state index contributed by atoms with van der Waals surface area (Å²) in [5, 5.41) is 4.61. The van der Waals surface area contributed by atoms with Gasteiger partial charge in [-0.25, -0.2) is 0 Å². The lowest BCUT2D eigenvalue weighted by Gasteiger charge is -2.36. The van der Waals surface area contributed by atoms with Crippen LogP contribution < -0.4 is 5.73 Å². The number of nitrogens with zero attached hydrogens (tertiary/aromatic N) is 4. The van der Waals surface area contributed by atoms with Crippen molar-refractivity contribution in [1.82, 2.24) is 19.6 Å². The topological polar surface area (TPSA) is 50.3 Å². The first-order valence-electron chi connectivity index (χ1n) is 8.27. The molecule has 2 N–H and O–H groups in total. The predicted octanol–water partition coefficient (Wildman–Crippen LogP) is 1.40. The highest BCUT2D eigenvalue weighted by Gasteiger charge is 2.30. The normalized spacial score (nSPS) is 23.2. The minimum atomic E-state index is 0.296. The van der Waals surface area contributed by atoms with Gasteiger partial charge in [-0.3, -0.25) is 9.58 Å². The van der Waals surface area contributed by atoms with Gasteiger partial charge in [0.25, 0.3) is 0 Å². The summed E-state index contributed by atoms with van der Waals surface area (Å²) in [6, 6.07) is 0.876. The van der Waals surface area contributed by atoms with Gasteiger partial charge in [0, 0.05) is 44.5 Å². The van der Waals surface area contributed by atoms with Crippen molar-refractivity contribution >= 4 is 0 Å². The Morgan fingerprint density at radius 3 is 2.71 bits per heavy atom. The lowest BCUT2D eigenvalue weighted by Crippen LogP contribution is -2.44. The molecule has 1 aliphatic heterocycles. The summed E-state index contributed by atoms with van der Waals surface area (Å²) < 4.78 is 1.93. The number of hydrogen-bond acceptors (Lipinski definition) is 4. The quantitative estimate of drug-likeness (QED) is 0.891. The highest BCUT2D eigenvalue weighted by atomic mass is 15.3. The molecule has 5 heteroatoms. The van der Waals surface area contributed by atoms with Crippen molar-refractivity contribution in [2.45, 2.75) is 45.2 Å². The monoisotopic (exact) mass is 293 g/mol. The average Bonchev–Trinajstić information content (AvgIpc) is 2.74. The third-order valence-electron chi connectivity index (χ3n) is 4.67. The molecule has 21 heavy (non-hydrogen) atoms. The van der Waals surface area contributed by atoms with Crippen LogP contribution in [0.1, 0.15) is 44.0 Å². The van der Waals surface area contributed by atoms with Crippen LogP contribution in [0.15, 0.2) is 6.20 Å². The van der Waals surface area contributed by atoms with Gasteiger partial charge in [0.15, 0.2) is 0 Å². The van der Waals surface area contributed by atoms with E-state index in [1.54, 1.807) is 0 Å². The largest absolute Gasteiger partial charge is 0.329 e. The van der Waals surface area contributed by atoms with Crippen LogP contribution in [0, 0.1) is 0 Å². The Morgan fingerprint density at radius 2 is 2.10 bits per heavy atom. The summed E-state index contributed by atoms with van der Waals surface area (Å²) in [6.45, 7) is 8.57. The van der Waals surface area contributed by atoms with E-state index in [1.807, 2.05) is 11.7 Å². The van der Waals surface area contributed by atoms with Crippen LogP contribution in [0.2, 0.25) is 0 Å². The molecule has 2 unspecified atom stereocenters. The van der Waals surface area contributed by atoms with E-state index in [4.69, 9.17) is 5.73 Å². The van der Waals surface area contributed by atoms with Gasteiger partial charge in [-0.15, -0.1) is 0 Å². The minimum absolute atomic E-state index is 0.296. The molecule has 0 amide bonds. The van der Waals surface area contributed by atoms with E-state index in [0.29, 0.717) is 18.6 Å². The number of rotatable bonds is 5. The van der Waals surface area contributed by atoms with E-state index in [1.165, 1.54) is 30.6 Å². The first kappa shape index (κ1) is 16.5. The molecular weight excluding hydrogens is 262 g/mol. The Morgan fingerprint density at radius 1 is 1.33 bits per heavy atom. The SMILES string of the molecule is CCc1nn(C)cc1C(CN)N1CCCN(C)CC1CC. The van der Waals surface area contributed by atoms with Crippen LogP contribution in [0.5, 0.6) is 0 Å². The zero-order valence-corrected chi connectivity index (χ0v) is 14.0. The smallest absolute Gasteiger partial charge is 0.0670 e. The van der Waals surface area contributed by atoms with Crippen LogP contribution in [0.3, 0.4) is 0 Å². The Bertz CT molecular complexity index is 442. The summed E-state index contributed by atoms with van der Waals surface area (Å²) in [4.78, 5) is 5.07. The molecule has 1 fully saturated rings. The molecule has 0 aromatic carbocycles. The van der Waals surface area contributed by atoms with E-state index in [-0.39, 0.29) is 0 Å². The van der Waals surface area contributed by atoms with Gasteiger partial charge in [0.05, 0.1) is 11.7 Å². The molecule has 0 radical (unpaired) electrons. The van der Waals surface area contributed by atoms with Crippen LogP contribution in [-0.2, 0) is 13.5 Å². The highest BCUT2D eigenvalue weighted by molar-refractivity contribution is 5.22. The fraction of sp³-hybridized carbons (Fsp3) is 0.812. The van der Waals surface area contributed by atoms with Gasteiger partial charge in [-0.2, -0.15) is 5.10 Å². The van der Waals surface area contributed by atoms with Crippen molar-refractivity contribution in [2.75, 3.05) is 33.2 Å². The van der Waals surface area contributed by atoms with Crippen molar-refractivity contribution in [3.05, 3.63) is 17.5 Å².